The Morgan fingerprint density at radius 2 is 2.20 bits per heavy atom. The first-order valence-corrected chi connectivity index (χ1v) is 4.42. The number of carbonyl (C=O) groups excluding carboxylic acids is 1. The lowest BCUT2D eigenvalue weighted by atomic mass is 10.2. The molecule has 1 atom stereocenters. The van der Waals surface area contributed by atoms with Crippen molar-refractivity contribution in [3.63, 3.8) is 0 Å². The number of halogens is 3. The Morgan fingerprint density at radius 1 is 1.60 bits per heavy atom. The van der Waals surface area contributed by atoms with Gasteiger partial charge in [-0.05, 0) is 19.9 Å². The normalized spacial score (nSPS) is 13.9. The third-order valence-electron chi connectivity index (χ3n) is 1.93. The zero-order valence-electron chi connectivity index (χ0n) is 8.38. The molecule has 0 fully saturated rings. The molecule has 0 saturated carbocycles. The monoisotopic (exact) mass is 220 g/mol. The number of aromatic nitrogens is 2. The lowest BCUT2D eigenvalue weighted by molar-refractivity contribution is -0.141. The van der Waals surface area contributed by atoms with E-state index in [-0.39, 0.29) is 18.2 Å². The molecule has 0 bridgehead atoms. The van der Waals surface area contributed by atoms with Crippen LogP contribution in [0.25, 0.3) is 0 Å². The Bertz CT molecular complexity index is 356. The molecule has 0 amide bonds. The van der Waals surface area contributed by atoms with Gasteiger partial charge >= 0.3 is 6.18 Å². The van der Waals surface area contributed by atoms with Crippen LogP contribution in [-0.4, -0.2) is 15.6 Å². The molecule has 1 heterocycles. The summed E-state index contributed by atoms with van der Waals surface area (Å²) in [6, 6.07) is 0.551. The van der Waals surface area contributed by atoms with Gasteiger partial charge in [0.05, 0.1) is 6.04 Å². The molecule has 1 rings (SSSR count). The van der Waals surface area contributed by atoms with Gasteiger partial charge in [0, 0.05) is 12.6 Å². The minimum Gasteiger partial charge on any atom is -0.300 e. The average molecular weight is 220 g/mol. The van der Waals surface area contributed by atoms with E-state index < -0.39 is 11.9 Å². The summed E-state index contributed by atoms with van der Waals surface area (Å²) < 4.78 is 37.7. The van der Waals surface area contributed by atoms with E-state index in [9.17, 15) is 18.0 Å². The maximum atomic E-state index is 12.2. The Morgan fingerprint density at radius 3 is 2.60 bits per heavy atom. The van der Waals surface area contributed by atoms with E-state index in [0.717, 1.165) is 10.7 Å². The second kappa shape index (κ2) is 4.04. The largest absolute Gasteiger partial charge is 0.435 e. The van der Waals surface area contributed by atoms with Crippen LogP contribution in [-0.2, 0) is 11.0 Å². The third-order valence-corrected chi connectivity index (χ3v) is 1.93. The van der Waals surface area contributed by atoms with E-state index in [1.54, 1.807) is 6.92 Å². The number of hydrogen-bond donors (Lipinski definition) is 0. The molecule has 0 aliphatic heterocycles. The molecule has 6 heteroatoms. The predicted molar refractivity (Wildman–Crippen MR) is 47.2 cm³/mol. The second-order valence-corrected chi connectivity index (χ2v) is 3.43. The molecule has 0 aromatic carbocycles. The van der Waals surface area contributed by atoms with Gasteiger partial charge in [-0.1, -0.05) is 0 Å². The third kappa shape index (κ3) is 3.07. The van der Waals surface area contributed by atoms with Crippen LogP contribution in [0, 0.1) is 0 Å². The minimum absolute atomic E-state index is 0.0773. The summed E-state index contributed by atoms with van der Waals surface area (Å²) in [6.07, 6.45) is -3.02. The summed E-state index contributed by atoms with van der Waals surface area (Å²) in [5, 5.41) is 3.37. The first kappa shape index (κ1) is 11.7. The molecule has 0 aliphatic rings. The van der Waals surface area contributed by atoms with Gasteiger partial charge in [0.25, 0.3) is 0 Å². The first-order valence-electron chi connectivity index (χ1n) is 4.42. The summed E-state index contributed by atoms with van der Waals surface area (Å²) in [5.41, 5.74) is -0.932. The number of carbonyl (C=O) groups is 1. The summed E-state index contributed by atoms with van der Waals surface area (Å²) >= 11 is 0. The quantitative estimate of drug-likeness (QED) is 0.784. The molecular formula is C9H11F3N2O. The number of Topliss-reactive ketones (excluding diaryl/α,β-unsaturated/α-hetero) is 1. The van der Waals surface area contributed by atoms with Crippen molar-refractivity contribution in [3.8, 4) is 0 Å². The highest BCUT2D eigenvalue weighted by Gasteiger charge is 2.33. The van der Waals surface area contributed by atoms with Crippen molar-refractivity contribution < 1.29 is 18.0 Å². The van der Waals surface area contributed by atoms with Crippen molar-refractivity contribution in [1.82, 2.24) is 9.78 Å². The number of nitrogens with zero attached hydrogens (tertiary/aromatic N) is 2. The second-order valence-electron chi connectivity index (χ2n) is 3.43. The molecule has 1 unspecified atom stereocenters. The average Bonchev–Trinajstić information content (AvgIpc) is 2.48. The highest BCUT2D eigenvalue weighted by molar-refractivity contribution is 5.75. The zero-order valence-corrected chi connectivity index (χ0v) is 8.38. The Hall–Kier alpha value is -1.33. The maximum Gasteiger partial charge on any atom is 0.435 e. The van der Waals surface area contributed by atoms with Crippen molar-refractivity contribution in [2.75, 3.05) is 0 Å². The number of hydrogen-bond acceptors (Lipinski definition) is 2. The van der Waals surface area contributed by atoms with Gasteiger partial charge in [0.1, 0.15) is 5.78 Å². The Kier molecular flexibility index (Phi) is 3.16. The molecule has 1 aromatic rings. The molecule has 0 aliphatic carbocycles. The van der Waals surface area contributed by atoms with Gasteiger partial charge in [0.2, 0.25) is 0 Å². The van der Waals surface area contributed by atoms with Crippen molar-refractivity contribution in [2.24, 2.45) is 0 Å². The van der Waals surface area contributed by atoms with Gasteiger partial charge in [-0.25, -0.2) is 0 Å². The minimum atomic E-state index is -4.43. The van der Waals surface area contributed by atoms with Crippen molar-refractivity contribution in [3.05, 3.63) is 18.0 Å². The SMILES string of the molecule is CC(=O)CC(C)n1ccc(C(F)(F)F)n1. The molecule has 1 aromatic heterocycles. The van der Waals surface area contributed by atoms with Crippen LogP contribution in [0.3, 0.4) is 0 Å². The number of alkyl halides is 3. The molecular weight excluding hydrogens is 209 g/mol. The Balaban J connectivity index is 2.80. The summed E-state index contributed by atoms with van der Waals surface area (Å²) in [5.74, 6) is -0.0773. The van der Waals surface area contributed by atoms with E-state index in [4.69, 9.17) is 0 Å². The van der Waals surface area contributed by atoms with E-state index in [1.807, 2.05) is 0 Å². The fraction of sp³-hybridized carbons (Fsp3) is 0.556. The smallest absolute Gasteiger partial charge is 0.300 e. The van der Waals surface area contributed by atoms with Crippen molar-refractivity contribution in [1.29, 1.82) is 0 Å². The van der Waals surface area contributed by atoms with Crippen LogP contribution in [0.4, 0.5) is 13.2 Å². The van der Waals surface area contributed by atoms with Gasteiger partial charge in [0.15, 0.2) is 5.69 Å². The van der Waals surface area contributed by atoms with Gasteiger partial charge in [-0.2, -0.15) is 18.3 Å². The standard InChI is InChI=1S/C9H11F3N2O/c1-6(5-7(2)15)14-4-3-8(13-14)9(10,11)12/h3-4,6H,5H2,1-2H3. The van der Waals surface area contributed by atoms with Crippen LogP contribution in [0.1, 0.15) is 32.0 Å². The molecule has 0 radical (unpaired) electrons. The fourth-order valence-electron chi connectivity index (χ4n) is 1.24. The van der Waals surface area contributed by atoms with E-state index in [0.29, 0.717) is 0 Å². The summed E-state index contributed by atoms with van der Waals surface area (Å²) in [7, 11) is 0. The van der Waals surface area contributed by atoms with Crippen LogP contribution in [0.5, 0.6) is 0 Å². The number of ketones is 1. The molecule has 0 N–H and O–H groups in total. The topological polar surface area (TPSA) is 34.9 Å². The summed E-state index contributed by atoms with van der Waals surface area (Å²) in [6.45, 7) is 3.04. The molecule has 15 heavy (non-hydrogen) atoms. The zero-order chi connectivity index (χ0) is 11.6. The molecule has 3 nitrogen and oxygen atoms in total. The maximum absolute atomic E-state index is 12.2. The van der Waals surface area contributed by atoms with Crippen molar-refractivity contribution in [2.45, 2.75) is 32.5 Å². The van der Waals surface area contributed by atoms with E-state index in [1.165, 1.54) is 13.1 Å². The van der Waals surface area contributed by atoms with Crippen LogP contribution < -0.4 is 0 Å². The highest BCUT2D eigenvalue weighted by Crippen LogP contribution is 2.28. The summed E-state index contributed by atoms with van der Waals surface area (Å²) in [4.78, 5) is 10.8. The van der Waals surface area contributed by atoms with Gasteiger partial charge in [-0.15, -0.1) is 0 Å². The fourth-order valence-corrected chi connectivity index (χ4v) is 1.24. The molecule has 84 valence electrons. The van der Waals surface area contributed by atoms with Crippen LogP contribution in [0.15, 0.2) is 12.3 Å². The van der Waals surface area contributed by atoms with E-state index >= 15 is 0 Å². The van der Waals surface area contributed by atoms with Crippen LogP contribution in [0.2, 0.25) is 0 Å². The first-order chi connectivity index (χ1) is 6.80. The van der Waals surface area contributed by atoms with Crippen LogP contribution >= 0.6 is 0 Å². The number of rotatable bonds is 3. The molecule has 0 spiro atoms. The lowest BCUT2D eigenvalue weighted by Crippen LogP contribution is -2.12. The molecule has 0 saturated heterocycles. The van der Waals surface area contributed by atoms with Gasteiger partial charge < -0.3 is 0 Å². The van der Waals surface area contributed by atoms with Crippen molar-refractivity contribution >= 4 is 5.78 Å². The van der Waals surface area contributed by atoms with E-state index in [2.05, 4.69) is 5.10 Å². The highest BCUT2D eigenvalue weighted by atomic mass is 19.4. The lowest BCUT2D eigenvalue weighted by Gasteiger charge is -2.09. The predicted octanol–water partition coefficient (Wildman–Crippen LogP) is 2.44. The van der Waals surface area contributed by atoms with Gasteiger partial charge in [-0.3, -0.25) is 9.48 Å². The Labute approximate surface area is 84.9 Å².